The number of carbonyl (C=O) groups is 1. The van der Waals surface area contributed by atoms with Crippen LogP contribution in [0.25, 0.3) is 0 Å². The van der Waals surface area contributed by atoms with Crippen molar-refractivity contribution in [3.8, 4) is 0 Å². The highest BCUT2D eigenvalue weighted by Gasteiger charge is 2.54. The van der Waals surface area contributed by atoms with Crippen LogP contribution in [0, 0.1) is 10.8 Å². The Morgan fingerprint density at radius 3 is 2.81 bits per heavy atom. The first kappa shape index (κ1) is 22.2. The van der Waals surface area contributed by atoms with Crippen molar-refractivity contribution in [1.82, 2.24) is 9.80 Å². The molecule has 8 heteroatoms. The number of nitrogens with zero attached hydrogens (tertiary/aromatic N) is 4. The molecule has 6 nitrogen and oxygen atoms in total. The minimum absolute atomic E-state index is 0. The SMILES string of the molecule is Cl.Cl.O=C1CC2=C(C=C(CCN3CCCC3)C3C2C2=CC=CC4=CN=CN3C42)[N+](=O)C1. The van der Waals surface area contributed by atoms with Crippen molar-refractivity contribution in [1.29, 1.82) is 0 Å². The van der Waals surface area contributed by atoms with E-state index in [1.165, 1.54) is 42.7 Å². The predicted molar refractivity (Wildman–Crippen MR) is 125 cm³/mol. The zero-order valence-corrected chi connectivity index (χ0v) is 18.9. The van der Waals surface area contributed by atoms with Crippen LogP contribution < -0.4 is 0 Å². The Morgan fingerprint density at radius 2 is 2.00 bits per heavy atom. The number of Topliss-reactive ketones (excluding diaryl/α,β-unsaturated/α-hetero) is 1. The van der Waals surface area contributed by atoms with Gasteiger partial charge in [-0.25, -0.2) is 4.99 Å². The summed E-state index contributed by atoms with van der Waals surface area (Å²) in [6, 6.07) is 0.325. The molecule has 0 aromatic carbocycles. The van der Waals surface area contributed by atoms with E-state index in [1.807, 2.05) is 12.5 Å². The highest BCUT2D eigenvalue weighted by Crippen LogP contribution is 2.51. The molecular weight excluding hydrogens is 435 g/mol. The zero-order valence-electron chi connectivity index (χ0n) is 17.3. The predicted octanol–water partition coefficient (Wildman–Crippen LogP) is 3.35. The van der Waals surface area contributed by atoms with Crippen LogP contribution >= 0.6 is 24.8 Å². The first-order chi connectivity index (χ1) is 14.2. The summed E-state index contributed by atoms with van der Waals surface area (Å²) in [7, 11) is 0. The average Bonchev–Trinajstić information content (AvgIpc) is 3.35. The lowest BCUT2D eigenvalue weighted by atomic mass is 9.74. The highest BCUT2D eigenvalue weighted by molar-refractivity contribution is 5.86. The van der Waals surface area contributed by atoms with Crippen LogP contribution in [0.15, 0.2) is 63.5 Å². The molecule has 3 unspecified atom stereocenters. The van der Waals surface area contributed by atoms with Gasteiger partial charge < -0.3 is 9.80 Å². The third-order valence-corrected chi connectivity index (χ3v) is 7.22. The number of rotatable bonds is 3. The number of nitroso groups, excluding NO2 is 1. The van der Waals surface area contributed by atoms with E-state index in [0.29, 0.717) is 6.42 Å². The van der Waals surface area contributed by atoms with Gasteiger partial charge in [0, 0.05) is 46.4 Å². The van der Waals surface area contributed by atoms with Gasteiger partial charge in [0.25, 0.3) is 12.2 Å². The molecule has 4 aliphatic heterocycles. The monoisotopic (exact) mass is 461 g/mol. The summed E-state index contributed by atoms with van der Waals surface area (Å²) in [6.45, 7) is 3.36. The van der Waals surface area contributed by atoms with E-state index >= 15 is 0 Å². The molecule has 6 rings (SSSR count). The van der Waals surface area contributed by atoms with Crippen LogP contribution in [0.3, 0.4) is 0 Å². The van der Waals surface area contributed by atoms with Crippen LogP contribution in [-0.2, 0) is 4.79 Å². The van der Waals surface area contributed by atoms with Crippen molar-refractivity contribution >= 4 is 36.9 Å². The number of carbonyl (C=O) groups excluding carboxylic acids is 1. The summed E-state index contributed by atoms with van der Waals surface area (Å²) in [5.74, 6) is 0.111. The Labute approximate surface area is 194 Å². The minimum Gasteiger partial charge on any atom is -0.344 e. The van der Waals surface area contributed by atoms with Crippen molar-refractivity contribution in [2.45, 2.75) is 37.8 Å². The van der Waals surface area contributed by atoms with E-state index in [9.17, 15) is 9.70 Å². The molecule has 0 aromatic rings. The standard InChI is InChI=1S/C23H25N4O2.2ClH/c28-17-11-19-20(27(29)13-17)10-15(6-9-25-7-1-2-8-25)23-21(19)18-5-3-4-16-12-24-14-26(23)22(16)18;;/h3-5,10,12,14,21-23H,1-2,6-9,11,13H2;2*1H/q+1;;. The van der Waals surface area contributed by atoms with E-state index in [1.54, 1.807) is 0 Å². The first-order valence-corrected chi connectivity index (χ1v) is 10.7. The summed E-state index contributed by atoms with van der Waals surface area (Å²) in [4.78, 5) is 34.4. The van der Waals surface area contributed by atoms with Crippen LogP contribution in [-0.4, -0.2) is 64.9 Å². The second kappa shape index (κ2) is 8.49. The van der Waals surface area contributed by atoms with Gasteiger partial charge in [-0.15, -0.1) is 24.8 Å². The number of hydrogen-bond acceptors (Lipinski definition) is 5. The number of halogens is 2. The summed E-state index contributed by atoms with van der Waals surface area (Å²) in [5, 5.41) is 0. The second-order valence-electron chi connectivity index (χ2n) is 8.87. The van der Waals surface area contributed by atoms with E-state index < -0.39 is 0 Å². The van der Waals surface area contributed by atoms with Crippen LogP contribution in [0.4, 0.5) is 0 Å². The third-order valence-electron chi connectivity index (χ3n) is 7.22. The van der Waals surface area contributed by atoms with Crippen molar-refractivity contribution in [3.63, 3.8) is 0 Å². The number of fused-ring (bicyclic) bond motifs is 4. The van der Waals surface area contributed by atoms with Gasteiger partial charge in [-0.05, 0) is 49.1 Å². The lowest BCUT2D eigenvalue weighted by Gasteiger charge is -2.35. The Morgan fingerprint density at radius 1 is 1.19 bits per heavy atom. The maximum Gasteiger partial charge on any atom is 0.256 e. The molecule has 0 radical (unpaired) electrons. The van der Waals surface area contributed by atoms with Gasteiger partial charge in [0.15, 0.2) is 0 Å². The number of likely N-dealkylation sites (tertiary alicyclic amines) is 1. The zero-order chi connectivity index (χ0) is 19.5. The Kier molecular flexibility index (Phi) is 6.08. The lowest BCUT2D eigenvalue weighted by Crippen LogP contribution is -2.43. The summed E-state index contributed by atoms with van der Waals surface area (Å²) < 4.78 is 0.925. The topological polar surface area (TPSA) is 56.0 Å². The molecule has 164 valence electrons. The van der Waals surface area contributed by atoms with E-state index in [0.717, 1.165) is 29.0 Å². The number of ketones is 1. The van der Waals surface area contributed by atoms with Crippen LogP contribution in [0.1, 0.15) is 25.7 Å². The van der Waals surface area contributed by atoms with E-state index in [-0.39, 0.29) is 55.1 Å². The van der Waals surface area contributed by atoms with Crippen molar-refractivity contribution in [2.75, 3.05) is 26.2 Å². The van der Waals surface area contributed by atoms with Gasteiger partial charge in [-0.3, -0.25) is 4.79 Å². The fourth-order valence-corrected chi connectivity index (χ4v) is 6.00. The molecule has 4 heterocycles. The quantitative estimate of drug-likeness (QED) is 0.604. The third kappa shape index (κ3) is 3.45. The number of aliphatic imine (C=N–C) groups is 1. The Balaban J connectivity index is 0.00000116. The normalized spacial score (nSPS) is 30.6. The maximum absolute atomic E-state index is 12.7. The summed E-state index contributed by atoms with van der Waals surface area (Å²) in [6.07, 6.45) is 16.3. The van der Waals surface area contributed by atoms with Gasteiger partial charge in [-0.2, -0.15) is 0 Å². The van der Waals surface area contributed by atoms with Crippen LogP contribution in [0.5, 0.6) is 0 Å². The van der Waals surface area contributed by atoms with Crippen molar-refractivity contribution in [3.05, 3.63) is 63.4 Å². The fourth-order valence-electron chi connectivity index (χ4n) is 6.00. The number of allylic oxidation sites excluding steroid dienone is 3. The second-order valence-corrected chi connectivity index (χ2v) is 8.87. The van der Waals surface area contributed by atoms with Gasteiger partial charge >= 0.3 is 0 Å². The molecule has 0 amide bonds. The van der Waals surface area contributed by atoms with Crippen molar-refractivity contribution < 1.29 is 9.55 Å². The highest BCUT2D eigenvalue weighted by atomic mass is 35.5. The van der Waals surface area contributed by atoms with Gasteiger partial charge in [0.1, 0.15) is 0 Å². The first-order valence-electron chi connectivity index (χ1n) is 10.7. The molecule has 3 atom stereocenters. The number of hydrogen-bond donors (Lipinski definition) is 0. The smallest absolute Gasteiger partial charge is 0.256 e. The molecule has 2 fully saturated rings. The molecule has 2 aliphatic carbocycles. The lowest BCUT2D eigenvalue weighted by molar-refractivity contribution is -0.486. The van der Waals surface area contributed by atoms with E-state index in [2.05, 4.69) is 39.1 Å². The molecule has 2 saturated heterocycles. The maximum atomic E-state index is 12.7. The molecule has 0 aromatic heterocycles. The molecule has 0 bridgehead atoms. The Bertz CT molecular complexity index is 1000. The molecular formula is C23H27Cl2N4O2+. The Hall–Kier alpha value is -2.02. The molecule has 0 spiro atoms. The van der Waals surface area contributed by atoms with E-state index in [4.69, 9.17) is 0 Å². The largest absolute Gasteiger partial charge is 0.344 e. The van der Waals surface area contributed by atoms with Gasteiger partial charge in [-0.1, -0.05) is 18.2 Å². The molecule has 0 saturated carbocycles. The fraction of sp³-hybridized carbons (Fsp3) is 0.478. The minimum atomic E-state index is -0.0230. The summed E-state index contributed by atoms with van der Waals surface area (Å²) >= 11 is 0. The molecule has 31 heavy (non-hydrogen) atoms. The van der Waals surface area contributed by atoms with Gasteiger partial charge in [0.2, 0.25) is 5.78 Å². The van der Waals surface area contributed by atoms with Crippen LogP contribution in [0.2, 0.25) is 0 Å². The van der Waals surface area contributed by atoms with Crippen molar-refractivity contribution in [2.24, 2.45) is 10.9 Å². The summed E-state index contributed by atoms with van der Waals surface area (Å²) in [5.41, 5.74) is 5.55. The average molecular weight is 462 g/mol. The molecule has 6 aliphatic rings. The molecule has 0 N–H and O–H groups in total. The van der Waals surface area contributed by atoms with Gasteiger partial charge in [0.05, 0.1) is 18.4 Å².